The predicted octanol–water partition coefficient (Wildman–Crippen LogP) is 3.92. The molecule has 2 aromatic rings. The molecule has 0 atom stereocenters. The zero-order valence-corrected chi connectivity index (χ0v) is 13.3. The third-order valence-electron chi connectivity index (χ3n) is 3.05. The van der Waals surface area contributed by atoms with Crippen molar-refractivity contribution in [3.05, 3.63) is 58.1 Å². The van der Waals surface area contributed by atoms with Crippen molar-refractivity contribution in [3.8, 4) is 5.75 Å². The molecule has 0 spiro atoms. The smallest absolute Gasteiger partial charge is 0.269 e. The van der Waals surface area contributed by atoms with E-state index in [9.17, 15) is 15.2 Å². The summed E-state index contributed by atoms with van der Waals surface area (Å²) in [4.78, 5) is 10.1. The molecular weight excluding hydrogens is 296 g/mol. The summed E-state index contributed by atoms with van der Waals surface area (Å²) in [6.45, 7) is 0.659. The van der Waals surface area contributed by atoms with E-state index in [-0.39, 0.29) is 11.4 Å². The average molecular weight is 315 g/mol. The largest absolute Gasteiger partial charge is 0.507 e. The Morgan fingerprint density at radius 2 is 1.61 bits per heavy atom. The number of phenolic OH excluding ortho intramolecular Hbond substituents is 1. The number of rotatable bonds is 5. The SMILES string of the molecule is C[N+](C)(C)Cc1cc(N=Nc2ccc([N+](=O)[O-])cc2)ccc1O. The van der Waals surface area contributed by atoms with Gasteiger partial charge in [-0.2, -0.15) is 10.2 Å². The maximum absolute atomic E-state index is 10.6. The Morgan fingerprint density at radius 3 is 2.17 bits per heavy atom. The quantitative estimate of drug-likeness (QED) is 0.392. The van der Waals surface area contributed by atoms with E-state index >= 15 is 0 Å². The third-order valence-corrected chi connectivity index (χ3v) is 3.05. The molecule has 2 aromatic carbocycles. The molecule has 0 heterocycles. The van der Waals surface area contributed by atoms with Crippen molar-refractivity contribution in [2.24, 2.45) is 10.2 Å². The lowest BCUT2D eigenvalue weighted by atomic mass is 10.1. The lowest BCUT2D eigenvalue weighted by Crippen LogP contribution is -2.33. The van der Waals surface area contributed by atoms with Crippen LogP contribution in [0.1, 0.15) is 5.56 Å². The van der Waals surface area contributed by atoms with Crippen molar-refractivity contribution in [2.75, 3.05) is 21.1 Å². The fourth-order valence-corrected chi connectivity index (χ4v) is 2.03. The molecule has 0 bridgehead atoms. The Labute approximate surface area is 134 Å². The van der Waals surface area contributed by atoms with Gasteiger partial charge >= 0.3 is 0 Å². The number of benzene rings is 2. The number of non-ortho nitro benzene ring substituents is 1. The highest BCUT2D eigenvalue weighted by Gasteiger charge is 2.13. The lowest BCUT2D eigenvalue weighted by molar-refractivity contribution is -0.884. The molecule has 0 aromatic heterocycles. The summed E-state index contributed by atoms with van der Waals surface area (Å²) in [6, 6.07) is 10.9. The zero-order chi connectivity index (χ0) is 17.0. The highest BCUT2D eigenvalue weighted by Crippen LogP contribution is 2.27. The Bertz CT molecular complexity index is 734. The van der Waals surface area contributed by atoms with Gasteiger partial charge < -0.3 is 9.59 Å². The van der Waals surface area contributed by atoms with E-state index < -0.39 is 4.92 Å². The maximum Gasteiger partial charge on any atom is 0.269 e. The molecule has 7 nitrogen and oxygen atoms in total. The van der Waals surface area contributed by atoms with Crippen LogP contribution < -0.4 is 0 Å². The van der Waals surface area contributed by atoms with Crippen LogP contribution in [0.4, 0.5) is 17.1 Å². The summed E-state index contributed by atoms with van der Waals surface area (Å²) >= 11 is 0. The molecular formula is C16H19N4O3+. The van der Waals surface area contributed by atoms with Crippen LogP contribution in [0, 0.1) is 10.1 Å². The van der Waals surface area contributed by atoms with Crippen LogP contribution in [0.15, 0.2) is 52.7 Å². The number of hydrogen-bond donors (Lipinski definition) is 1. The number of nitrogens with zero attached hydrogens (tertiary/aromatic N) is 4. The van der Waals surface area contributed by atoms with Gasteiger partial charge in [0.25, 0.3) is 5.69 Å². The first-order valence-corrected chi connectivity index (χ1v) is 7.03. The highest BCUT2D eigenvalue weighted by atomic mass is 16.6. The minimum absolute atomic E-state index is 0.0128. The van der Waals surface area contributed by atoms with Crippen molar-refractivity contribution >= 4 is 17.1 Å². The summed E-state index contributed by atoms with van der Waals surface area (Å²) in [5.74, 6) is 0.229. The van der Waals surface area contributed by atoms with E-state index in [0.29, 0.717) is 22.4 Å². The first-order chi connectivity index (χ1) is 10.7. The zero-order valence-electron chi connectivity index (χ0n) is 13.3. The molecule has 0 saturated heterocycles. The molecule has 120 valence electrons. The fourth-order valence-electron chi connectivity index (χ4n) is 2.03. The summed E-state index contributed by atoms with van der Waals surface area (Å²) < 4.78 is 0.677. The van der Waals surface area contributed by atoms with E-state index in [1.165, 1.54) is 24.3 Å². The Balaban J connectivity index is 2.19. The minimum atomic E-state index is -0.460. The van der Waals surface area contributed by atoms with Gasteiger partial charge in [-0.15, -0.1) is 0 Å². The van der Waals surface area contributed by atoms with Gasteiger partial charge in [0, 0.05) is 12.1 Å². The summed E-state index contributed by atoms with van der Waals surface area (Å²) in [6.07, 6.45) is 0. The fraction of sp³-hybridized carbons (Fsp3) is 0.250. The summed E-state index contributed by atoms with van der Waals surface area (Å²) in [7, 11) is 6.10. The summed E-state index contributed by atoms with van der Waals surface area (Å²) in [5, 5.41) is 28.7. The number of nitro benzene ring substituents is 1. The molecule has 0 amide bonds. The van der Waals surface area contributed by atoms with Crippen molar-refractivity contribution in [3.63, 3.8) is 0 Å². The van der Waals surface area contributed by atoms with Crippen molar-refractivity contribution in [1.82, 2.24) is 0 Å². The third kappa shape index (κ3) is 4.86. The minimum Gasteiger partial charge on any atom is -0.507 e. The standard InChI is InChI=1S/C16H18N4O3/c1-20(2,3)11-12-10-14(6-9-16(12)21)18-17-13-4-7-15(8-5-13)19(22)23/h4-10H,11H2,1-3H3/p+1. The van der Waals surface area contributed by atoms with Gasteiger partial charge in [0.15, 0.2) is 0 Å². The van der Waals surface area contributed by atoms with Crippen LogP contribution >= 0.6 is 0 Å². The molecule has 1 N–H and O–H groups in total. The van der Waals surface area contributed by atoms with Gasteiger partial charge in [-0.05, 0) is 30.3 Å². The number of aromatic hydroxyl groups is 1. The molecule has 2 rings (SSSR count). The molecule has 0 saturated carbocycles. The van der Waals surface area contributed by atoms with E-state index in [1.54, 1.807) is 18.2 Å². The molecule has 0 aliphatic rings. The molecule has 7 heteroatoms. The monoisotopic (exact) mass is 315 g/mol. The normalized spacial score (nSPS) is 11.8. The van der Waals surface area contributed by atoms with Crippen molar-refractivity contribution in [2.45, 2.75) is 6.54 Å². The Kier molecular flexibility index (Phi) is 4.71. The number of quaternary nitrogens is 1. The van der Waals surface area contributed by atoms with E-state index in [0.717, 1.165) is 5.56 Å². The van der Waals surface area contributed by atoms with E-state index in [1.807, 2.05) is 21.1 Å². The topological polar surface area (TPSA) is 88.1 Å². The van der Waals surface area contributed by atoms with Gasteiger partial charge in [0.2, 0.25) is 0 Å². The van der Waals surface area contributed by atoms with Gasteiger partial charge in [-0.25, -0.2) is 0 Å². The molecule has 0 aliphatic heterocycles. The van der Waals surface area contributed by atoms with Crippen molar-refractivity contribution < 1.29 is 14.5 Å². The van der Waals surface area contributed by atoms with Crippen LogP contribution in [0.2, 0.25) is 0 Å². The highest BCUT2D eigenvalue weighted by molar-refractivity contribution is 5.48. The van der Waals surface area contributed by atoms with Gasteiger partial charge in [0.05, 0.1) is 43.0 Å². The first kappa shape index (κ1) is 16.6. The first-order valence-electron chi connectivity index (χ1n) is 7.03. The number of phenols is 1. The number of nitro groups is 1. The molecule has 0 radical (unpaired) electrons. The lowest BCUT2D eigenvalue weighted by Gasteiger charge is -2.24. The molecule has 0 fully saturated rings. The van der Waals surface area contributed by atoms with Crippen LogP contribution in [-0.4, -0.2) is 35.7 Å². The summed E-state index contributed by atoms with van der Waals surface area (Å²) in [5.41, 5.74) is 1.94. The Hall–Kier alpha value is -2.80. The second-order valence-electron chi connectivity index (χ2n) is 6.23. The predicted molar refractivity (Wildman–Crippen MR) is 87.1 cm³/mol. The van der Waals surface area contributed by atoms with Crippen LogP contribution in [-0.2, 0) is 6.54 Å². The van der Waals surface area contributed by atoms with Crippen molar-refractivity contribution in [1.29, 1.82) is 0 Å². The van der Waals surface area contributed by atoms with Gasteiger partial charge in [0.1, 0.15) is 12.3 Å². The second-order valence-corrected chi connectivity index (χ2v) is 6.23. The average Bonchev–Trinajstić information content (AvgIpc) is 2.47. The van der Waals surface area contributed by atoms with E-state index in [2.05, 4.69) is 10.2 Å². The van der Waals surface area contributed by atoms with Crippen LogP contribution in [0.5, 0.6) is 5.75 Å². The maximum atomic E-state index is 10.6. The Morgan fingerprint density at radius 1 is 1.04 bits per heavy atom. The van der Waals surface area contributed by atoms with Gasteiger partial charge in [-0.1, -0.05) is 0 Å². The number of hydrogen-bond acceptors (Lipinski definition) is 5. The van der Waals surface area contributed by atoms with Crippen LogP contribution in [0.3, 0.4) is 0 Å². The van der Waals surface area contributed by atoms with Gasteiger partial charge in [-0.3, -0.25) is 10.1 Å². The molecule has 23 heavy (non-hydrogen) atoms. The molecule has 0 aliphatic carbocycles. The molecule has 0 unspecified atom stereocenters. The van der Waals surface area contributed by atoms with Crippen LogP contribution in [0.25, 0.3) is 0 Å². The van der Waals surface area contributed by atoms with E-state index in [4.69, 9.17) is 0 Å². The second kappa shape index (κ2) is 6.53. The number of azo groups is 1.